The van der Waals surface area contributed by atoms with Crippen molar-refractivity contribution < 1.29 is 19.8 Å². The number of nitrogens with zero attached hydrogens (tertiary/aromatic N) is 1. The van der Waals surface area contributed by atoms with Gasteiger partial charge in [0.1, 0.15) is 0 Å². The Morgan fingerprint density at radius 3 is 2.49 bits per heavy atom. The fraction of sp³-hybridized carbons (Fsp3) is 0.0800. The molecular formula is C25H23N5O4S. The number of aromatic carboxylic acids is 1. The molecular weight excluding hydrogens is 466 g/mol. The van der Waals surface area contributed by atoms with Crippen LogP contribution in [0.3, 0.4) is 0 Å². The number of carboxylic acids is 1. The van der Waals surface area contributed by atoms with Gasteiger partial charge in [-0.2, -0.15) is 0 Å². The Hall–Kier alpha value is -4.25. The molecule has 0 radical (unpaired) electrons. The standard InChI is InChI=1S/C16H17N5O2.C9H6O2S/c17-13(9-4-2-1-3-5-9)14(22)15(23)19-10-6-7-11-12(8-10)21-16(18)20-11;10-9(11)7-5-12-8-4-2-1-3-6(7)8/h1-8,13-14,22H,17H2,(H,19,23)(H3,18,20,21);1-5H,(H,10,11). The molecule has 2 atom stereocenters. The molecule has 0 fully saturated rings. The van der Waals surface area contributed by atoms with Crippen LogP contribution >= 0.6 is 11.3 Å². The molecule has 0 bridgehead atoms. The maximum absolute atomic E-state index is 12.2. The van der Waals surface area contributed by atoms with E-state index >= 15 is 0 Å². The van der Waals surface area contributed by atoms with Crippen LogP contribution in [0.4, 0.5) is 11.6 Å². The number of rotatable bonds is 5. The van der Waals surface area contributed by atoms with Crippen molar-refractivity contribution in [2.75, 3.05) is 11.1 Å². The lowest BCUT2D eigenvalue weighted by molar-refractivity contribution is -0.125. The second-order valence-corrected chi connectivity index (χ2v) is 8.59. The molecule has 178 valence electrons. The van der Waals surface area contributed by atoms with E-state index in [-0.39, 0.29) is 0 Å². The number of fused-ring (bicyclic) bond motifs is 2. The Morgan fingerprint density at radius 1 is 1.03 bits per heavy atom. The quantitative estimate of drug-likeness (QED) is 0.218. The van der Waals surface area contributed by atoms with Gasteiger partial charge in [0.2, 0.25) is 0 Å². The summed E-state index contributed by atoms with van der Waals surface area (Å²) in [6.07, 6.45) is -1.36. The van der Waals surface area contributed by atoms with Crippen molar-refractivity contribution in [1.82, 2.24) is 9.97 Å². The van der Waals surface area contributed by atoms with Gasteiger partial charge in [-0.3, -0.25) is 4.79 Å². The second kappa shape index (κ2) is 10.3. The third-order valence-electron chi connectivity index (χ3n) is 5.27. The second-order valence-electron chi connectivity index (χ2n) is 7.68. The van der Waals surface area contributed by atoms with Crippen LogP contribution in [-0.4, -0.2) is 38.2 Å². The fourth-order valence-corrected chi connectivity index (χ4v) is 4.42. The number of anilines is 2. The molecule has 0 saturated carbocycles. The van der Waals surface area contributed by atoms with Crippen LogP contribution in [0.15, 0.2) is 78.2 Å². The summed E-state index contributed by atoms with van der Waals surface area (Å²) in [7, 11) is 0. The predicted octanol–water partition coefficient (Wildman–Crippen LogP) is 3.74. The van der Waals surface area contributed by atoms with Crippen molar-refractivity contribution >= 4 is 56.0 Å². The smallest absolute Gasteiger partial charge is 0.337 e. The molecule has 35 heavy (non-hydrogen) atoms. The number of aliphatic hydroxyl groups excluding tert-OH is 1. The number of carbonyl (C=O) groups is 2. The van der Waals surface area contributed by atoms with Gasteiger partial charge in [-0.25, -0.2) is 9.78 Å². The molecule has 2 unspecified atom stereocenters. The number of nitrogens with one attached hydrogen (secondary N) is 2. The number of aromatic nitrogens is 2. The highest BCUT2D eigenvalue weighted by Gasteiger charge is 2.24. The Labute approximate surface area is 204 Å². The molecule has 10 heteroatoms. The normalized spacial score (nSPS) is 12.5. The van der Waals surface area contributed by atoms with E-state index in [1.807, 2.05) is 30.3 Å². The van der Waals surface area contributed by atoms with Crippen LogP contribution in [0.5, 0.6) is 0 Å². The average molecular weight is 490 g/mol. The molecule has 5 rings (SSSR count). The molecule has 2 heterocycles. The van der Waals surface area contributed by atoms with Crippen LogP contribution in [0, 0.1) is 0 Å². The first kappa shape index (κ1) is 23.9. The molecule has 0 aliphatic carbocycles. The van der Waals surface area contributed by atoms with E-state index in [9.17, 15) is 14.7 Å². The third kappa shape index (κ3) is 5.46. The molecule has 3 aromatic carbocycles. The maximum Gasteiger partial charge on any atom is 0.337 e. The number of thiophene rings is 1. The van der Waals surface area contributed by atoms with E-state index in [4.69, 9.17) is 16.6 Å². The van der Waals surface area contributed by atoms with Crippen molar-refractivity contribution in [2.45, 2.75) is 12.1 Å². The SMILES string of the molecule is Nc1nc2ccc(NC(=O)C(O)C(N)c3ccccc3)cc2[nH]1.O=C(O)c1csc2ccccc12. The zero-order valence-electron chi connectivity index (χ0n) is 18.4. The van der Waals surface area contributed by atoms with Gasteiger partial charge in [-0.1, -0.05) is 48.5 Å². The fourth-order valence-electron chi connectivity index (χ4n) is 3.49. The van der Waals surface area contributed by atoms with Crippen molar-refractivity contribution in [3.8, 4) is 0 Å². The van der Waals surface area contributed by atoms with E-state index in [0.29, 0.717) is 33.8 Å². The van der Waals surface area contributed by atoms with Crippen LogP contribution in [0.1, 0.15) is 22.0 Å². The molecule has 0 aliphatic heterocycles. The lowest BCUT2D eigenvalue weighted by Crippen LogP contribution is -2.37. The zero-order chi connectivity index (χ0) is 24.9. The van der Waals surface area contributed by atoms with Gasteiger partial charge in [-0.15, -0.1) is 11.3 Å². The Bertz CT molecular complexity index is 1480. The van der Waals surface area contributed by atoms with Crippen molar-refractivity contribution in [3.05, 3.63) is 89.3 Å². The minimum absolute atomic E-state index is 0.301. The highest BCUT2D eigenvalue weighted by atomic mass is 32.1. The molecule has 9 nitrogen and oxygen atoms in total. The van der Waals surface area contributed by atoms with Crippen molar-refractivity contribution in [2.24, 2.45) is 5.73 Å². The van der Waals surface area contributed by atoms with Crippen molar-refractivity contribution in [1.29, 1.82) is 0 Å². The first-order valence-corrected chi connectivity index (χ1v) is 11.5. The van der Waals surface area contributed by atoms with Gasteiger partial charge >= 0.3 is 5.97 Å². The number of imidazole rings is 1. The number of H-pyrrole nitrogens is 1. The largest absolute Gasteiger partial charge is 0.478 e. The van der Waals surface area contributed by atoms with E-state index in [0.717, 1.165) is 10.1 Å². The molecule has 2 aromatic heterocycles. The van der Waals surface area contributed by atoms with Crippen LogP contribution < -0.4 is 16.8 Å². The van der Waals surface area contributed by atoms with Crippen molar-refractivity contribution in [3.63, 3.8) is 0 Å². The van der Waals surface area contributed by atoms with E-state index < -0.39 is 24.0 Å². The summed E-state index contributed by atoms with van der Waals surface area (Å²) in [5.41, 5.74) is 14.5. The number of hydrogen-bond acceptors (Lipinski definition) is 7. The summed E-state index contributed by atoms with van der Waals surface area (Å²) >= 11 is 1.46. The summed E-state index contributed by atoms with van der Waals surface area (Å²) in [5, 5.41) is 24.1. The Kier molecular flexibility index (Phi) is 7.06. The summed E-state index contributed by atoms with van der Waals surface area (Å²) in [6.45, 7) is 0. The number of hydrogen-bond donors (Lipinski definition) is 6. The van der Waals surface area contributed by atoms with Crippen LogP contribution in [0.25, 0.3) is 21.1 Å². The Morgan fingerprint density at radius 2 is 1.74 bits per heavy atom. The molecule has 0 saturated heterocycles. The Balaban J connectivity index is 0.000000201. The zero-order valence-corrected chi connectivity index (χ0v) is 19.2. The number of aliphatic hydroxyl groups is 1. The molecule has 1 amide bonds. The average Bonchev–Trinajstić information content (AvgIpc) is 3.46. The maximum atomic E-state index is 12.2. The van der Waals surface area contributed by atoms with E-state index in [2.05, 4.69) is 15.3 Å². The first-order chi connectivity index (χ1) is 16.8. The van der Waals surface area contributed by atoms with E-state index in [1.54, 1.807) is 47.8 Å². The molecule has 5 aromatic rings. The molecule has 8 N–H and O–H groups in total. The predicted molar refractivity (Wildman–Crippen MR) is 137 cm³/mol. The number of nitrogen functional groups attached to an aromatic ring is 1. The number of carboxylic acid groups (broad SMARTS) is 1. The minimum atomic E-state index is -1.36. The summed E-state index contributed by atoms with van der Waals surface area (Å²) in [6, 6.07) is 20.8. The van der Waals surface area contributed by atoms with Gasteiger partial charge in [0.05, 0.1) is 22.6 Å². The molecule has 0 spiro atoms. The van der Waals surface area contributed by atoms with Gasteiger partial charge in [0.25, 0.3) is 5.91 Å². The number of carbonyl (C=O) groups excluding carboxylic acids is 1. The van der Waals surface area contributed by atoms with Gasteiger partial charge < -0.3 is 32.0 Å². The lowest BCUT2D eigenvalue weighted by atomic mass is 10.0. The minimum Gasteiger partial charge on any atom is -0.478 e. The number of benzene rings is 3. The topological polar surface area (TPSA) is 167 Å². The highest BCUT2D eigenvalue weighted by molar-refractivity contribution is 7.17. The number of amides is 1. The summed E-state index contributed by atoms with van der Waals surface area (Å²) < 4.78 is 1.02. The van der Waals surface area contributed by atoms with Gasteiger partial charge in [0.15, 0.2) is 12.1 Å². The third-order valence-corrected chi connectivity index (χ3v) is 6.24. The first-order valence-electron chi connectivity index (χ1n) is 10.6. The monoisotopic (exact) mass is 489 g/mol. The summed E-state index contributed by atoms with van der Waals surface area (Å²) in [5.74, 6) is -1.13. The van der Waals surface area contributed by atoms with Crippen LogP contribution in [0.2, 0.25) is 0 Å². The number of aromatic amines is 1. The lowest BCUT2D eigenvalue weighted by Gasteiger charge is -2.18. The highest BCUT2D eigenvalue weighted by Crippen LogP contribution is 2.25. The summed E-state index contributed by atoms with van der Waals surface area (Å²) in [4.78, 5) is 29.8. The number of nitrogens with two attached hydrogens (primary N) is 2. The van der Waals surface area contributed by atoms with Gasteiger partial charge in [-0.05, 0) is 29.8 Å². The van der Waals surface area contributed by atoms with E-state index in [1.165, 1.54) is 11.3 Å². The molecule has 0 aliphatic rings. The van der Waals surface area contributed by atoms with Crippen LogP contribution in [-0.2, 0) is 4.79 Å². The van der Waals surface area contributed by atoms with Gasteiger partial charge in [0, 0.05) is 21.2 Å².